The van der Waals surface area contributed by atoms with Crippen molar-refractivity contribution < 1.29 is 9.59 Å². The molecule has 2 N–H and O–H groups in total. The van der Waals surface area contributed by atoms with Crippen molar-refractivity contribution in [1.82, 2.24) is 4.90 Å². The molecule has 0 spiro atoms. The van der Waals surface area contributed by atoms with Gasteiger partial charge < -0.3 is 5.73 Å². The van der Waals surface area contributed by atoms with Crippen LogP contribution in [0.4, 0.5) is 5.69 Å². The number of carbonyl (C=O) groups excluding carboxylic acids is 2. The first-order valence-electron chi connectivity index (χ1n) is 6.24. The summed E-state index contributed by atoms with van der Waals surface area (Å²) in [4.78, 5) is 26.0. The first kappa shape index (κ1) is 12.6. The van der Waals surface area contributed by atoms with Crippen molar-refractivity contribution in [1.29, 1.82) is 0 Å². The lowest BCUT2D eigenvalue weighted by molar-refractivity contribution is -0.132. The number of benzene rings is 1. The van der Waals surface area contributed by atoms with Crippen LogP contribution < -0.4 is 5.73 Å². The number of nitrogens with two attached hydrogens (primary N) is 1. The van der Waals surface area contributed by atoms with E-state index < -0.39 is 0 Å². The lowest BCUT2D eigenvalue weighted by Crippen LogP contribution is -2.48. The van der Waals surface area contributed by atoms with Gasteiger partial charge in [0.1, 0.15) is 0 Å². The summed E-state index contributed by atoms with van der Waals surface area (Å²) in [7, 11) is 0. The van der Waals surface area contributed by atoms with Crippen LogP contribution in [0.5, 0.6) is 0 Å². The van der Waals surface area contributed by atoms with E-state index >= 15 is 0 Å². The first-order valence-corrected chi connectivity index (χ1v) is 6.24. The molecule has 2 amide bonds. The van der Waals surface area contributed by atoms with Gasteiger partial charge in [-0.1, -0.05) is 13.0 Å². The van der Waals surface area contributed by atoms with E-state index in [2.05, 4.69) is 0 Å². The van der Waals surface area contributed by atoms with Gasteiger partial charge in [0.05, 0.1) is 5.92 Å². The van der Waals surface area contributed by atoms with Crippen molar-refractivity contribution in [2.45, 2.75) is 39.2 Å². The standard InChI is InChI=1S/C14H18N2O2/c1-4-8(2)16-13(17)9(3)11-6-5-10(15)7-12(11)14(16)18/h5-9H,4,15H2,1-3H3. The predicted molar refractivity (Wildman–Crippen MR) is 70.2 cm³/mol. The third kappa shape index (κ3) is 1.78. The van der Waals surface area contributed by atoms with Crippen molar-refractivity contribution in [3.05, 3.63) is 29.3 Å². The molecule has 2 unspecified atom stereocenters. The van der Waals surface area contributed by atoms with Crippen LogP contribution in [-0.2, 0) is 4.79 Å². The summed E-state index contributed by atoms with van der Waals surface area (Å²) >= 11 is 0. The highest BCUT2D eigenvalue weighted by Crippen LogP contribution is 2.31. The van der Waals surface area contributed by atoms with Crippen molar-refractivity contribution >= 4 is 17.5 Å². The second kappa shape index (κ2) is 4.44. The maximum absolute atomic E-state index is 12.4. The van der Waals surface area contributed by atoms with Crippen LogP contribution in [0, 0.1) is 0 Å². The van der Waals surface area contributed by atoms with Crippen molar-refractivity contribution in [3.63, 3.8) is 0 Å². The summed E-state index contributed by atoms with van der Waals surface area (Å²) < 4.78 is 0. The monoisotopic (exact) mass is 246 g/mol. The predicted octanol–water partition coefficient (Wildman–Crippen LogP) is 2.15. The minimum absolute atomic E-state index is 0.0815. The van der Waals surface area contributed by atoms with E-state index in [1.54, 1.807) is 18.2 Å². The molecule has 4 heteroatoms. The number of nitrogen functional groups attached to an aromatic ring is 1. The number of nitrogens with zero attached hydrogens (tertiary/aromatic N) is 1. The van der Waals surface area contributed by atoms with E-state index in [-0.39, 0.29) is 23.8 Å². The first-order chi connectivity index (χ1) is 8.47. The number of hydrogen-bond acceptors (Lipinski definition) is 3. The Morgan fingerprint density at radius 1 is 1.39 bits per heavy atom. The molecule has 0 saturated carbocycles. The fraction of sp³-hybridized carbons (Fsp3) is 0.429. The topological polar surface area (TPSA) is 63.4 Å². The third-order valence-corrected chi connectivity index (χ3v) is 3.63. The average molecular weight is 246 g/mol. The van der Waals surface area contributed by atoms with Gasteiger partial charge in [0, 0.05) is 17.3 Å². The van der Waals surface area contributed by atoms with Gasteiger partial charge in [-0.3, -0.25) is 14.5 Å². The molecule has 1 aliphatic heterocycles. The highest BCUT2D eigenvalue weighted by atomic mass is 16.2. The summed E-state index contributed by atoms with van der Waals surface area (Å²) in [6.07, 6.45) is 0.752. The van der Waals surface area contributed by atoms with Gasteiger partial charge in [0.25, 0.3) is 5.91 Å². The number of anilines is 1. The summed E-state index contributed by atoms with van der Waals surface area (Å²) in [5, 5.41) is 0. The molecule has 0 aliphatic carbocycles. The minimum Gasteiger partial charge on any atom is -0.399 e. The highest BCUT2D eigenvalue weighted by molar-refractivity contribution is 6.12. The zero-order valence-electron chi connectivity index (χ0n) is 10.9. The highest BCUT2D eigenvalue weighted by Gasteiger charge is 2.38. The Hall–Kier alpha value is -1.84. The van der Waals surface area contributed by atoms with Gasteiger partial charge in [0.2, 0.25) is 5.91 Å². The summed E-state index contributed by atoms with van der Waals surface area (Å²) in [6.45, 7) is 5.68. The molecule has 4 nitrogen and oxygen atoms in total. The second-order valence-corrected chi connectivity index (χ2v) is 4.84. The summed E-state index contributed by atoms with van der Waals surface area (Å²) in [5.41, 5.74) is 7.61. The molecule has 0 aromatic heterocycles. The van der Waals surface area contributed by atoms with Crippen LogP contribution in [0.3, 0.4) is 0 Å². The van der Waals surface area contributed by atoms with Crippen LogP contribution in [0.2, 0.25) is 0 Å². The van der Waals surface area contributed by atoms with Crippen molar-refractivity contribution in [3.8, 4) is 0 Å². The quantitative estimate of drug-likeness (QED) is 0.642. The van der Waals surface area contributed by atoms with Crippen LogP contribution in [0.25, 0.3) is 0 Å². The van der Waals surface area contributed by atoms with Gasteiger partial charge in [-0.05, 0) is 38.0 Å². The van der Waals surface area contributed by atoms with Gasteiger partial charge in [-0.15, -0.1) is 0 Å². The summed E-state index contributed by atoms with van der Waals surface area (Å²) in [6, 6.07) is 5.09. The second-order valence-electron chi connectivity index (χ2n) is 4.84. The fourth-order valence-corrected chi connectivity index (χ4v) is 2.31. The van der Waals surface area contributed by atoms with Gasteiger partial charge in [-0.25, -0.2) is 0 Å². The Labute approximate surface area is 107 Å². The molecular weight excluding hydrogens is 228 g/mol. The molecule has 1 aliphatic rings. The number of rotatable bonds is 2. The maximum atomic E-state index is 12.4. The molecule has 0 radical (unpaired) electrons. The van der Waals surface area contributed by atoms with E-state index in [1.165, 1.54) is 4.90 Å². The van der Waals surface area contributed by atoms with Crippen LogP contribution in [0.1, 0.15) is 49.0 Å². The molecule has 1 aromatic rings. The van der Waals surface area contributed by atoms with E-state index in [1.807, 2.05) is 20.8 Å². The lowest BCUT2D eigenvalue weighted by Gasteiger charge is -2.34. The molecular formula is C14H18N2O2. The number of amides is 2. The largest absolute Gasteiger partial charge is 0.399 e. The lowest BCUT2D eigenvalue weighted by atomic mass is 9.88. The number of hydrogen-bond donors (Lipinski definition) is 1. The molecule has 0 fully saturated rings. The van der Waals surface area contributed by atoms with E-state index in [0.29, 0.717) is 11.3 Å². The molecule has 2 rings (SSSR count). The SMILES string of the molecule is CCC(C)N1C(=O)c2cc(N)ccc2C(C)C1=O. The molecule has 1 aromatic carbocycles. The normalized spacial score (nSPS) is 20.8. The van der Waals surface area contributed by atoms with E-state index in [0.717, 1.165) is 12.0 Å². The maximum Gasteiger partial charge on any atom is 0.261 e. The van der Waals surface area contributed by atoms with Crippen molar-refractivity contribution in [2.75, 3.05) is 5.73 Å². The Morgan fingerprint density at radius 2 is 2.06 bits per heavy atom. The smallest absolute Gasteiger partial charge is 0.261 e. The number of imide groups is 1. The van der Waals surface area contributed by atoms with E-state index in [9.17, 15) is 9.59 Å². The van der Waals surface area contributed by atoms with Crippen LogP contribution >= 0.6 is 0 Å². The molecule has 2 atom stereocenters. The van der Waals surface area contributed by atoms with Gasteiger partial charge >= 0.3 is 0 Å². The Kier molecular flexibility index (Phi) is 3.11. The van der Waals surface area contributed by atoms with Crippen molar-refractivity contribution in [2.24, 2.45) is 0 Å². The zero-order chi connectivity index (χ0) is 13.4. The Bertz CT molecular complexity index is 511. The summed E-state index contributed by atoms with van der Waals surface area (Å²) in [5.74, 6) is -0.631. The Balaban J connectivity index is 2.54. The molecule has 0 bridgehead atoms. The number of fused-ring (bicyclic) bond motifs is 1. The molecule has 96 valence electrons. The fourth-order valence-electron chi connectivity index (χ4n) is 2.31. The molecule has 18 heavy (non-hydrogen) atoms. The average Bonchev–Trinajstić information content (AvgIpc) is 2.36. The van der Waals surface area contributed by atoms with Crippen LogP contribution in [-0.4, -0.2) is 22.8 Å². The van der Waals surface area contributed by atoms with Gasteiger partial charge in [0.15, 0.2) is 0 Å². The zero-order valence-corrected chi connectivity index (χ0v) is 10.9. The van der Waals surface area contributed by atoms with E-state index in [4.69, 9.17) is 5.73 Å². The van der Waals surface area contributed by atoms with Crippen LogP contribution in [0.15, 0.2) is 18.2 Å². The molecule has 1 heterocycles. The minimum atomic E-state index is -0.285. The number of carbonyl (C=O) groups is 2. The molecule has 0 saturated heterocycles. The third-order valence-electron chi connectivity index (χ3n) is 3.63. The van der Waals surface area contributed by atoms with Gasteiger partial charge in [-0.2, -0.15) is 0 Å². The Morgan fingerprint density at radius 3 is 2.67 bits per heavy atom.